The molecule has 5 heteroatoms. The molecule has 114 valence electrons. The van der Waals surface area contributed by atoms with E-state index in [4.69, 9.17) is 0 Å². The van der Waals surface area contributed by atoms with Crippen molar-refractivity contribution in [2.24, 2.45) is 5.92 Å². The van der Waals surface area contributed by atoms with Crippen molar-refractivity contribution in [2.45, 2.75) is 64.8 Å². The molecule has 2 unspecified atom stereocenters. The molecule has 0 heterocycles. The Hall–Kier alpha value is -0.130. The van der Waals surface area contributed by atoms with Crippen LogP contribution in [0.25, 0.3) is 0 Å². The highest BCUT2D eigenvalue weighted by molar-refractivity contribution is 7.89. The van der Waals surface area contributed by atoms with Crippen LogP contribution in [0.15, 0.2) is 0 Å². The van der Waals surface area contributed by atoms with E-state index in [1.165, 1.54) is 12.8 Å². The molecular weight excluding hydrogens is 260 g/mol. The molecule has 2 N–H and O–H groups in total. The molecule has 4 nitrogen and oxygen atoms in total. The summed E-state index contributed by atoms with van der Waals surface area (Å²) < 4.78 is 26.9. The van der Waals surface area contributed by atoms with Gasteiger partial charge in [-0.15, -0.1) is 0 Å². The van der Waals surface area contributed by atoms with Crippen LogP contribution >= 0.6 is 0 Å². The Bertz CT molecular complexity index is 330. The smallest absolute Gasteiger partial charge is 0.211 e. The summed E-state index contributed by atoms with van der Waals surface area (Å²) in [6.07, 6.45) is 7.39. The zero-order valence-electron chi connectivity index (χ0n) is 12.5. The lowest BCUT2D eigenvalue weighted by atomic mass is 9.85. The van der Waals surface area contributed by atoms with E-state index >= 15 is 0 Å². The summed E-state index contributed by atoms with van der Waals surface area (Å²) in [5.41, 5.74) is 0. The van der Waals surface area contributed by atoms with Gasteiger partial charge < -0.3 is 5.32 Å². The average molecular weight is 290 g/mol. The number of nitrogens with one attached hydrogen (secondary N) is 2. The van der Waals surface area contributed by atoms with Crippen LogP contribution in [-0.2, 0) is 10.0 Å². The average Bonchev–Trinajstić information content (AvgIpc) is 2.38. The third-order valence-corrected chi connectivity index (χ3v) is 5.42. The molecule has 0 spiro atoms. The standard InChI is InChI=1S/C14H30N2O2S/c1-3-9-15-10-6-11-19(17,18)16-14-8-5-7-13(4-2)12-14/h13-16H,3-12H2,1-2H3. The molecule has 0 saturated heterocycles. The minimum Gasteiger partial charge on any atom is -0.317 e. The minimum absolute atomic E-state index is 0.173. The van der Waals surface area contributed by atoms with Gasteiger partial charge in [0, 0.05) is 6.04 Å². The molecule has 0 amide bonds. The number of hydrogen-bond donors (Lipinski definition) is 2. The highest BCUT2D eigenvalue weighted by atomic mass is 32.2. The highest BCUT2D eigenvalue weighted by Gasteiger charge is 2.24. The molecule has 19 heavy (non-hydrogen) atoms. The Morgan fingerprint density at radius 2 is 1.95 bits per heavy atom. The van der Waals surface area contributed by atoms with Crippen molar-refractivity contribution >= 4 is 10.0 Å². The molecule has 0 aromatic carbocycles. The fourth-order valence-electron chi connectivity index (χ4n) is 2.77. The number of hydrogen-bond acceptors (Lipinski definition) is 3. The molecule has 1 aliphatic carbocycles. The zero-order valence-corrected chi connectivity index (χ0v) is 13.3. The van der Waals surface area contributed by atoms with Gasteiger partial charge in [0.25, 0.3) is 0 Å². The van der Waals surface area contributed by atoms with E-state index in [-0.39, 0.29) is 11.8 Å². The van der Waals surface area contributed by atoms with E-state index in [1.54, 1.807) is 0 Å². The van der Waals surface area contributed by atoms with Gasteiger partial charge in [-0.05, 0) is 44.7 Å². The lowest BCUT2D eigenvalue weighted by Gasteiger charge is -2.28. The van der Waals surface area contributed by atoms with E-state index in [0.717, 1.165) is 38.8 Å². The molecule has 2 atom stereocenters. The Balaban J connectivity index is 2.25. The van der Waals surface area contributed by atoms with Crippen molar-refractivity contribution in [3.8, 4) is 0 Å². The lowest BCUT2D eigenvalue weighted by molar-refractivity contribution is 0.301. The molecular formula is C14H30N2O2S. The van der Waals surface area contributed by atoms with Gasteiger partial charge in [0.05, 0.1) is 5.75 Å². The molecule has 1 saturated carbocycles. The van der Waals surface area contributed by atoms with Gasteiger partial charge in [-0.3, -0.25) is 0 Å². The SMILES string of the molecule is CCCNCCCS(=O)(=O)NC1CCCC(CC)C1. The summed E-state index contributed by atoms with van der Waals surface area (Å²) in [6.45, 7) is 6.06. The third kappa shape index (κ3) is 7.28. The molecule has 1 aliphatic rings. The molecule has 0 aliphatic heterocycles. The first-order valence-electron chi connectivity index (χ1n) is 7.78. The van der Waals surface area contributed by atoms with Crippen molar-refractivity contribution in [2.75, 3.05) is 18.8 Å². The van der Waals surface area contributed by atoms with Gasteiger partial charge in [0.2, 0.25) is 10.0 Å². The summed E-state index contributed by atoms with van der Waals surface area (Å²) in [7, 11) is -3.09. The van der Waals surface area contributed by atoms with Gasteiger partial charge in [-0.1, -0.05) is 33.1 Å². The van der Waals surface area contributed by atoms with E-state index < -0.39 is 10.0 Å². The van der Waals surface area contributed by atoms with Crippen LogP contribution in [0.2, 0.25) is 0 Å². The summed E-state index contributed by atoms with van der Waals surface area (Å²) in [6, 6.07) is 0.173. The normalized spacial score (nSPS) is 24.5. The summed E-state index contributed by atoms with van der Waals surface area (Å²) in [5.74, 6) is 0.949. The fraction of sp³-hybridized carbons (Fsp3) is 1.00. The van der Waals surface area contributed by atoms with Crippen molar-refractivity contribution in [3.05, 3.63) is 0 Å². The maximum absolute atomic E-state index is 12.0. The van der Waals surface area contributed by atoms with E-state index in [0.29, 0.717) is 12.3 Å². The molecule has 0 bridgehead atoms. The molecule has 0 aromatic heterocycles. The van der Waals surface area contributed by atoms with Crippen LogP contribution in [0, 0.1) is 5.92 Å². The largest absolute Gasteiger partial charge is 0.317 e. The molecule has 0 radical (unpaired) electrons. The van der Waals surface area contributed by atoms with Gasteiger partial charge in [0.1, 0.15) is 0 Å². The van der Waals surface area contributed by atoms with Crippen LogP contribution in [0.1, 0.15) is 58.8 Å². The fourth-order valence-corrected chi connectivity index (χ4v) is 4.13. The first-order valence-corrected chi connectivity index (χ1v) is 9.43. The van der Waals surface area contributed by atoms with Gasteiger partial charge in [-0.2, -0.15) is 0 Å². The number of rotatable bonds is 9. The van der Waals surface area contributed by atoms with Crippen LogP contribution in [0.5, 0.6) is 0 Å². The number of sulfonamides is 1. The summed E-state index contributed by atoms with van der Waals surface area (Å²) in [5, 5.41) is 3.24. The van der Waals surface area contributed by atoms with E-state index in [9.17, 15) is 8.42 Å². The topological polar surface area (TPSA) is 58.2 Å². The quantitative estimate of drug-likeness (QED) is 0.640. The van der Waals surface area contributed by atoms with Crippen molar-refractivity contribution in [3.63, 3.8) is 0 Å². The van der Waals surface area contributed by atoms with E-state index in [1.807, 2.05) is 0 Å². The van der Waals surface area contributed by atoms with E-state index in [2.05, 4.69) is 23.9 Å². The van der Waals surface area contributed by atoms with Crippen LogP contribution in [-0.4, -0.2) is 33.3 Å². The first-order chi connectivity index (χ1) is 9.07. The second kappa shape index (κ2) is 8.93. The van der Waals surface area contributed by atoms with Crippen molar-refractivity contribution in [1.82, 2.24) is 10.0 Å². The van der Waals surface area contributed by atoms with Gasteiger partial charge in [-0.25, -0.2) is 13.1 Å². The zero-order chi connectivity index (χ0) is 14.1. The monoisotopic (exact) mass is 290 g/mol. The lowest BCUT2D eigenvalue weighted by Crippen LogP contribution is -2.39. The first kappa shape index (κ1) is 16.9. The van der Waals surface area contributed by atoms with Crippen LogP contribution in [0.3, 0.4) is 0 Å². The van der Waals surface area contributed by atoms with Crippen molar-refractivity contribution < 1.29 is 8.42 Å². The summed E-state index contributed by atoms with van der Waals surface area (Å²) >= 11 is 0. The van der Waals surface area contributed by atoms with Gasteiger partial charge >= 0.3 is 0 Å². The minimum atomic E-state index is -3.09. The highest BCUT2D eigenvalue weighted by Crippen LogP contribution is 2.26. The maximum Gasteiger partial charge on any atom is 0.211 e. The Morgan fingerprint density at radius 3 is 2.63 bits per heavy atom. The molecule has 0 aromatic rings. The summed E-state index contributed by atoms with van der Waals surface area (Å²) in [4.78, 5) is 0. The molecule has 1 rings (SSSR count). The second-order valence-electron chi connectivity index (χ2n) is 5.68. The predicted octanol–water partition coefficient (Wildman–Crippen LogP) is 2.26. The molecule has 1 fully saturated rings. The third-order valence-electron chi connectivity index (χ3n) is 3.90. The second-order valence-corrected chi connectivity index (χ2v) is 7.55. The van der Waals surface area contributed by atoms with Crippen molar-refractivity contribution in [1.29, 1.82) is 0 Å². The predicted molar refractivity (Wildman–Crippen MR) is 80.7 cm³/mol. The Morgan fingerprint density at radius 1 is 1.16 bits per heavy atom. The Labute approximate surface area is 118 Å². The Kier molecular flexibility index (Phi) is 7.95. The maximum atomic E-state index is 12.0. The van der Waals surface area contributed by atoms with Crippen LogP contribution in [0.4, 0.5) is 0 Å². The van der Waals surface area contributed by atoms with Crippen LogP contribution < -0.4 is 10.0 Å². The van der Waals surface area contributed by atoms with Gasteiger partial charge in [0.15, 0.2) is 0 Å².